The second-order valence-corrected chi connectivity index (χ2v) is 8.00. The number of rotatable bonds is 5. The summed E-state index contributed by atoms with van der Waals surface area (Å²) in [7, 11) is -5.29. The Hall–Kier alpha value is -1.31. The van der Waals surface area contributed by atoms with Gasteiger partial charge in [0.1, 0.15) is 0 Å². The number of hydrogen-bond acceptors (Lipinski definition) is 1. The third-order valence-electron chi connectivity index (χ3n) is 3.62. The van der Waals surface area contributed by atoms with Crippen molar-refractivity contribution in [3.05, 3.63) is 60.7 Å². The average molecular weight is 295 g/mol. The Balaban J connectivity index is 2.73. The molecule has 4 heteroatoms. The van der Waals surface area contributed by atoms with Gasteiger partial charge < -0.3 is 0 Å². The van der Waals surface area contributed by atoms with Crippen molar-refractivity contribution in [2.75, 3.05) is 13.1 Å². The zero-order valence-electron chi connectivity index (χ0n) is 11.8. The average Bonchev–Trinajstić information content (AvgIpc) is 2.50. The van der Waals surface area contributed by atoms with Gasteiger partial charge in [-0.05, 0) is 0 Å². The molecule has 0 atom stereocenters. The fourth-order valence-corrected chi connectivity index (χ4v) is 5.86. The van der Waals surface area contributed by atoms with E-state index in [1.807, 2.05) is 0 Å². The molecule has 0 saturated carbocycles. The molecule has 0 saturated heterocycles. The number of halogens is 2. The predicted octanol–water partition coefficient (Wildman–Crippen LogP) is 4.22. The van der Waals surface area contributed by atoms with Gasteiger partial charge in [-0.25, -0.2) is 0 Å². The van der Waals surface area contributed by atoms with E-state index in [0.29, 0.717) is 13.1 Å². The molecule has 0 amide bonds. The summed E-state index contributed by atoms with van der Waals surface area (Å²) in [6.07, 6.45) is 0. The Labute approximate surface area is 119 Å². The van der Waals surface area contributed by atoms with Crippen molar-refractivity contribution in [2.24, 2.45) is 0 Å². The second kappa shape index (κ2) is 5.59. The van der Waals surface area contributed by atoms with E-state index >= 15 is 8.39 Å². The van der Waals surface area contributed by atoms with Crippen LogP contribution < -0.4 is 10.6 Å². The Kier molecular flexibility index (Phi) is 4.22. The molecule has 20 heavy (non-hydrogen) atoms. The van der Waals surface area contributed by atoms with Gasteiger partial charge in [-0.2, -0.15) is 0 Å². The van der Waals surface area contributed by atoms with Crippen LogP contribution in [0.1, 0.15) is 13.8 Å². The molecule has 0 bridgehead atoms. The first kappa shape index (κ1) is 15.1. The van der Waals surface area contributed by atoms with Crippen molar-refractivity contribution in [3.8, 4) is 0 Å². The van der Waals surface area contributed by atoms with Crippen LogP contribution in [0.5, 0.6) is 0 Å². The minimum absolute atomic E-state index is 0.133. The van der Waals surface area contributed by atoms with E-state index in [1.54, 1.807) is 74.5 Å². The van der Waals surface area contributed by atoms with Gasteiger partial charge in [0.2, 0.25) is 0 Å². The molecule has 2 aromatic rings. The summed E-state index contributed by atoms with van der Waals surface area (Å²) in [6.45, 7) is 4.22. The molecule has 0 radical (unpaired) electrons. The van der Waals surface area contributed by atoms with Crippen LogP contribution in [0, 0.1) is 0 Å². The Morgan fingerprint density at radius 2 is 1.10 bits per heavy atom. The van der Waals surface area contributed by atoms with E-state index in [9.17, 15) is 0 Å². The molecule has 0 spiro atoms. The van der Waals surface area contributed by atoms with Crippen molar-refractivity contribution >= 4 is 18.0 Å². The summed E-state index contributed by atoms with van der Waals surface area (Å²) in [6, 6.07) is 16.5. The summed E-state index contributed by atoms with van der Waals surface area (Å²) < 4.78 is 33.3. The molecule has 1 nitrogen and oxygen atoms in total. The standard InChI is InChI=1S/C16H20F2NP/c1-3-19(4-2)20(17,18,15-11-7-5-8-12-15)16-13-9-6-10-14-16/h5-14H,3-4H2,1-2H3. The zero-order chi connectivity index (χ0) is 14.7. The number of hydrogen-bond donors (Lipinski definition) is 0. The molecular weight excluding hydrogens is 275 g/mol. The van der Waals surface area contributed by atoms with Gasteiger partial charge in [0, 0.05) is 0 Å². The van der Waals surface area contributed by atoms with Crippen molar-refractivity contribution in [2.45, 2.75) is 13.8 Å². The molecule has 0 aliphatic carbocycles. The van der Waals surface area contributed by atoms with Crippen molar-refractivity contribution < 1.29 is 8.39 Å². The van der Waals surface area contributed by atoms with E-state index in [2.05, 4.69) is 0 Å². The van der Waals surface area contributed by atoms with Gasteiger partial charge in [0.25, 0.3) is 0 Å². The molecule has 0 unspecified atom stereocenters. The first-order chi connectivity index (χ1) is 9.53. The first-order valence-corrected chi connectivity index (χ1v) is 8.82. The molecule has 108 valence electrons. The van der Waals surface area contributed by atoms with Gasteiger partial charge in [0.15, 0.2) is 0 Å². The van der Waals surface area contributed by atoms with Crippen molar-refractivity contribution in [1.29, 1.82) is 0 Å². The van der Waals surface area contributed by atoms with Gasteiger partial charge in [0.05, 0.1) is 0 Å². The first-order valence-electron chi connectivity index (χ1n) is 6.85. The molecular formula is C16H20F2NP. The molecule has 0 aliphatic heterocycles. The maximum absolute atomic E-state index is 16.0. The van der Waals surface area contributed by atoms with Crippen LogP contribution in [-0.4, -0.2) is 17.8 Å². The summed E-state index contributed by atoms with van der Waals surface area (Å²) in [5.74, 6) is 0. The second-order valence-electron chi connectivity index (χ2n) is 4.67. The van der Waals surface area contributed by atoms with E-state index in [0.717, 1.165) is 0 Å². The molecule has 2 rings (SSSR count). The van der Waals surface area contributed by atoms with Crippen LogP contribution in [0.3, 0.4) is 0 Å². The van der Waals surface area contributed by atoms with Gasteiger partial charge >= 0.3 is 119 Å². The predicted molar refractivity (Wildman–Crippen MR) is 84.2 cm³/mol. The van der Waals surface area contributed by atoms with Crippen molar-refractivity contribution in [1.82, 2.24) is 4.67 Å². The minimum atomic E-state index is -5.29. The summed E-state index contributed by atoms with van der Waals surface area (Å²) >= 11 is 0. The Bertz CT molecular complexity index is 510. The van der Waals surface area contributed by atoms with E-state index in [1.165, 1.54) is 4.67 Å². The Morgan fingerprint density at radius 3 is 1.40 bits per heavy atom. The summed E-state index contributed by atoms with van der Waals surface area (Å²) in [5.41, 5.74) is 0. The zero-order valence-corrected chi connectivity index (χ0v) is 12.7. The monoisotopic (exact) mass is 295 g/mol. The van der Waals surface area contributed by atoms with Crippen molar-refractivity contribution in [3.63, 3.8) is 0 Å². The van der Waals surface area contributed by atoms with E-state index < -0.39 is 7.38 Å². The van der Waals surface area contributed by atoms with Gasteiger partial charge in [-0.3, -0.25) is 0 Å². The van der Waals surface area contributed by atoms with Gasteiger partial charge in [-0.15, -0.1) is 0 Å². The number of nitrogens with zero attached hydrogens (tertiary/aromatic N) is 1. The Morgan fingerprint density at radius 1 is 0.750 bits per heavy atom. The fraction of sp³-hybridized carbons (Fsp3) is 0.250. The van der Waals surface area contributed by atoms with Crippen LogP contribution in [0.2, 0.25) is 0 Å². The summed E-state index contributed by atoms with van der Waals surface area (Å²) in [4.78, 5) is 0. The fourth-order valence-electron chi connectivity index (χ4n) is 2.56. The topological polar surface area (TPSA) is 3.24 Å². The maximum atomic E-state index is 16.0. The normalized spacial score (nSPS) is 13.9. The molecule has 2 aromatic carbocycles. The molecule has 0 aliphatic rings. The molecule has 0 fully saturated rings. The van der Waals surface area contributed by atoms with E-state index in [-0.39, 0.29) is 10.6 Å². The third kappa shape index (κ3) is 2.25. The van der Waals surface area contributed by atoms with Crippen LogP contribution in [-0.2, 0) is 0 Å². The SMILES string of the molecule is CCN(CC)P(F)(F)(c1ccccc1)c1ccccc1. The van der Waals surface area contributed by atoms with Crippen LogP contribution >= 0.6 is 7.38 Å². The molecule has 0 heterocycles. The van der Waals surface area contributed by atoms with Gasteiger partial charge in [-0.1, -0.05) is 0 Å². The molecule has 0 N–H and O–H groups in total. The number of benzene rings is 2. The summed E-state index contributed by atoms with van der Waals surface area (Å²) in [5, 5.41) is 0.266. The van der Waals surface area contributed by atoms with E-state index in [4.69, 9.17) is 0 Å². The quantitative estimate of drug-likeness (QED) is 0.747. The van der Waals surface area contributed by atoms with Crippen LogP contribution in [0.15, 0.2) is 60.7 Å². The molecule has 0 aromatic heterocycles. The van der Waals surface area contributed by atoms with Crippen LogP contribution in [0.25, 0.3) is 0 Å². The van der Waals surface area contributed by atoms with Crippen LogP contribution in [0.4, 0.5) is 8.39 Å². The third-order valence-corrected chi connectivity index (χ3v) is 7.53.